The van der Waals surface area contributed by atoms with E-state index in [1.807, 2.05) is 61.2 Å². The van der Waals surface area contributed by atoms with Crippen LogP contribution in [0.25, 0.3) is 0 Å². The number of aliphatic hydroxyl groups excluding tert-OH is 1. The summed E-state index contributed by atoms with van der Waals surface area (Å²) in [5, 5.41) is 10.5. The van der Waals surface area contributed by atoms with Gasteiger partial charge < -0.3 is 10.0 Å². The third kappa shape index (κ3) is 4.22. The van der Waals surface area contributed by atoms with Crippen molar-refractivity contribution in [2.75, 3.05) is 31.4 Å². The minimum atomic E-state index is -0.646. The lowest BCUT2D eigenvalue weighted by Crippen LogP contribution is -2.63. The van der Waals surface area contributed by atoms with Crippen molar-refractivity contribution in [2.45, 2.75) is 19.4 Å². The van der Waals surface area contributed by atoms with Gasteiger partial charge in [0.05, 0.1) is 25.5 Å². The Bertz CT molecular complexity index is 794. The lowest BCUT2D eigenvalue weighted by atomic mass is 9.92. The third-order valence-electron chi connectivity index (χ3n) is 4.87. The molecular weight excluding hydrogens is 385 g/mol. The maximum Gasteiger partial charge on any atom is 0.327 e. The van der Waals surface area contributed by atoms with Crippen molar-refractivity contribution in [3.63, 3.8) is 0 Å². The van der Waals surface area contributed by atoms with Gasteiger partial charge >= 0.3 is 6.03 Å². The zero-order valence-electron chi connectivity index (χ0n) is 15.4. The molecule has 2 aromatic rings. The van der Waals surface area contributed by atoms with Crippen molar-refractivity contribution in [1.82, 2.24) is 9.80 Å². The zero-order valence-corrected chi connectivity index (χ0v) is 16.9. The number of benzene rings is 2. The Hall–Kier alpha value is -1.79. The fourth-order valence-electron chi connectivity index (χ4n) is 3.27. The number of carbonyl (C=O) groups is 1. The lowest BCUT2D eigenvalue weighted by Gasteiger charge is -2.48. The van der Waals surface area contributed by atoms with Gasteiger partial charge in [0.25, 0.3) is 0 Å². The Kier molecular flexibility index (Phi) is 5.96. The van der Waals surface area contributed by atoms with Crippen LogP contribution in [0.2, 0.25) is 10.0 Å². The molecule has 0 saturated carbocycles. The van der Waals surface area contributed by atoms with Crippen LogP contribution in [0.3, 0.4) is 0 Å². The summed E-state index contributed by atoms with van der Waals surface area (Å²) < 4.78 is 0. The van der Waals surface area contributed by atoms with Gasteiger partial charge in [-0.25, -0.2) is 4.79 Å². The van der Waals surface area contributed by atoms with E-state index in [9.17, 15) is 9.90 Å². The Morgan fingerprint density at radius 1 is 1.04 bits per heavy atom. The molecule has 0 aromatic heterocycles. The predicted octanol–water partition coefficient (Wildman–Crippen LogP) is 4.38. The summed E-state index contributed by atoms with van der Waals surface area (Å²) in [6.07, 6.45) is 0. The van der Waals surface area contributed by atoms with Crippen LogP contribution in [0, 0.1) is 0 Å². The highest BCUT2D eigenvalue weighted by Crippen LogP contribution is 2.35. The first-order valence-electron chi connectivity index (χ1n) is 8.77. The second-order valence-electron chi connectivity index (χ2n) is 7.09. The monoisotopic (exact) mass is 407 g/mol. The molecule has 0 radical (unpaired) electrons. The fraction of sp³-hybridized carbons (Fsp3) is 0.350. The summed E-state index contributed by atoms with van der Waals surface area (Å²) in [6.45, 7) is 5.26. The van der Waals surface area contributed by atoms with Gasteiger partial charge in [-0.05, 0) is 49.7 Å². The quantitative estimate of drug-likeness (QED) is 0.799. The van der Waals surface area contributed by atoms with E-state index in [1.54, 1.807) is 15.9 Å². The highest BCUT2D eigenvalue weighted by atomic mass is 35.5. The maximum absolute atomic E-state index is 13.4. The summed E-state index contributed by atoms with van der Waals surface area (Å²) in [5.74, 6) is 0. The van der Waals surface area contributed by atoms with E-state index in [2.05, 4.69) is 0 Å². The van der Waals surface area contributed by atoms with Gasteiger partial charge in [0.2, 0.25) is 0 Å². The number of rotatable bonds is 5. The van der Waals surface area contributed by atoms with Gasteiger partial charge in [-0.1, -0.05) is 41.4 Å². The molecular formula is C20H23Cl2N3O2. The Morgan fingerprint density at radius 3 is 2.26 bits per heavy atom. The average Bonchev–Trinajstić information content (AvgIpc) is 2.63. The average molecular weight is 408 g/mol. The molecule has 2 aromatic carbocycles. The van der Waals surface area contributed by atoms with E-state index < -0.39 is 5.54 Å². The van der Waals surface area contributed by atoms with Crippen LogP contribution in [0.1, 0.15) is 19.4 Å². The summed E-state index contributed by atoms with van der Waals surface area (Å²) in [6, 6.07) is 14.8. The number of carbonyl (C=O) groups excluding carboxylic acids is 1. The molecule has 1 aliphatic rings. The molecule has 1 saturated heterocycles. The summed E-state index contributed by atoms with van der Waals surface area (Å²) in [5.41, 5.74) is 1.02. The molecule has 3 rings (SSSR count). The molecule has 27 heavy (non-hydrogen) atoms. The summed E-state index contributed by atoms with van der Waals surface area (Å²) in [7, 11) is 0. The van der Waals surface area contributed by atoms with E-state index in [1.165, 1.54) is 0 Å². The lowest BCUT2D eigenvalue weighted by molar-refractivity contribution is 0.0458. The smallest absolute Gasteiger partial charge is 0.327 e. The topological polar surface area (TPSA) is 47.0 Å². The first-order valence-corrected chi connectivity index (χ1v) is 9.52. The van der Waals surface area contributed by atoms with E-state index in [-0.39, 0.29) is 12.6 Å². The van der Waals surface area contributed by atoms with Crippen LogP contribution in [-0.4, -0.2) is 47.4 Å². The van der Waals surface area contributed by atoms with Crippen molar-refractivity contribution in [2.24, 2.45) is 0 Å². The van der Waals surface area contributed by atoms with Crippen LogP contribution in [0.5, 0.6) is 0 Å². The van der Waals surface area contributed by atoms with Crippen molar-refractivity contribution in [3.8, 4) is 0 Å². The SMILES string of the molecule is CC(C)(c1cc(Cl)cc(Cl)c1)N1CN(CCO)CN(c2ccccc2)C1=O. The Balaban J connectivity index is 1.99. The van der Waals surface area contributed by atoms with Crippen molar-refractivity contribution >= 4 is 34.9 Å². The molecule has 2 amide bonds. The summed E-state index contributed by atoms with van der Waals surface area (Å²) in [4.78, 5) is 18.9. The number of hydrogen-bond acceptors (Lipinski definition) is 3. The number of aliphatic hydroxyl groups is 1. The van der Waals surface area contributed by atoms with E-state index in [4.69, 9.17) is 23.2 Å². The molecule has 1 heterocycles. The molecule has 5 nitrogen and oxygen atoms in total. The van der Waals surface area contributed by atoms with Gasteiger partial charge in [0.15, 0.2) is 0 Å². The number of amides is 2. The fourth-order valence-corrected chi connectivity index (χ4v) is 3.80. The first-order chi connectivity index (χ1) is 12.8. The molecule has 0 unspecified atom stereocenters. The molecule has 7 heteroatoms. The second kappa shape index (κ2) is 8.07. The molecule has 1 N–H and O–H groups in total. The van der Waals surface area contributed by atoms with Crippen LogP contribution < -0.4 is 4.90 Å². The molecule has 1 fully saturated rings. The van der Waals surface area contributed by atoms with Gasteiger partial charge in [-0.3, -0.25) is 9.80 Å². The van der Waals surface area contributed by atoms with Crippen molar-refractivity contribution in [1.29, 1.82) is 0 Å². The second-order valence-corrected chi connectivity index (χ2v) is 7.97. The highest BCUT2D eigenvalue weighted by Gasteiger charge is 2.40. The molecule has 1 aliphatic heterocycles. The molecule has 144 valence electrons. The van der Waals surface area contributed by atoms with E-state index >= 15 is 0 Å². The van der Waals surface area contributed by atoms with Crippen molar-refractivity contribution in [3.05, 3.63) is 64.1 Å². The third-order valence-corrected chi connectivity index (χ3v) is 5.31. The number of halogens is 2. The predicted molar refractivity (Wildman–Crippen MR) is 109 cm³/mol. The van der Waals surface area contributed by atoms with Crippen LogP contribution >= 0.6 is 23.2 Å². The minimum Gasteiger partial charge on any atom is -0.395 e. The first kappa shape index (κ1) is 20.0. The number of β-amino-alcohol motifs (C(OH)–C–C–N with tert-alkyl or cyclic N) is 1. The van der Waals surface area contributed by atoms with Gasteiger partial charge in [0, 0.05) is 22.3 Å². The van der Waals surface area contributed by atoms with E-state index in [0.717, 1.165) is 11.3 Å². The van der Waals surface area contributed by atoms with Gasteiger partial charge in [-0.2, -0.15) is 0 Å². The maximum atomic E-state index is 13.4. The van der Waals surface area contributed by atoms with Gasteiger partial charge in [-0.15, -0.1) is 0 Å². The number of urea groups is 1. The Labute approximate surface area is 169 Å². The number of hydrogen-bond donors (Lipinski definition) is 1. The molecule has 0 bridgehead atoms. The van der Waals surface area contributed by atoms with Crippen LogP contribution in [-0.2, 0) is 5.54 Å². The van der Waals surface area contributed by atoms with Crippen LogP contribution in [0.4, 0.5) is 10.5 Å². The Morgan fingerprint density at radius 2 is 1.67 bits per heavy atom. The minimum absolute atomic E-state index is 0.0219. The van der Waals surface area contributed by atoms with Crippen LogP contribution in [0.15, 0.2) is 48.5 Å². The zero-order chi connectivity index (χ0) is 19.6. The number of nitrogens with zero attached hydrogens (tertiary/aromatic N) is 3. The number of anilines is 1. The largest absolute Gasteiger partial charge is 0.395 e. The van der Waals surface area contributed by atoms with E-state index in [0.29, 0.717) is 29.9 Å². The molecule has 0 spiro atoms. The van der Waals surface area contributed by atoms with Gasteiger partial charge in [0.1, 0.15) is 0 Å². The normalized spacial score (nSPS) is 16.1. The summed E-state index contributed by atoms with van der Waals surface area (Å²) >= 11 is 12.4. The van der Waals surface area contributed by atoms with Crippen molar-refractivity contribution < 1.29 is 9.90 Å². The number of para-hydroxylation sites is 1. The highest BCUT2D eigenvalue weighted by molar-refractivity contribution is 6.34. The molecule has 0 aliphatic carbocycles. The standard InChI is InChI=1S/C20H23Cl2N3O2/c1-20(2,15-10-16(21)12-17(22)11-15)25-14-23(8-9-26)13-24(19(25)27)18-6-4-3-5-7-18/h3-7,10-12,26H,8-9,13-14H2,1-2H3. The molecule has 0 atom stereocenters.